The van der Waals surface area contributed by atoms with E-state index >= 15 is 0 Å². The van der Waals surface area contributed by atoms with E-state index in [1.807, 2.05) is 0 Å². The summed E-state index contributed by atoms with van der Waals surface area (Å²) in [5.41, 5.74) is 9.62. The fourth-order valence-corrected chi connectivity index (χ4v) is 2.46. The summed E-state index contributed by atoms with van der Waals surface area (Å²) in [7, 11) is 0. The van der Waals surface area contributed by atoms with Gasteiger partial charge in [0.2, 0.25) is 11.9 Å². The van der Waals surface area contributed by atoms with E-state index in [1.165, 1.54) is 0 Å². The van der Waals surface area contributed by atoms with Gasteiger partial charge in [-0.05, 0) is 0 Å². The molecular formula is C12H12N10O4. The number of nitrogen functional groups attached to an aromatic ring is 2. The predicted octanol–water partition coefficient (Wildman–Crippen LogP) is -2.46. The molecule has 0 radical (unpaired) electrons. The second-order valence-electron chi connectivity index (χ2n) is 5.43. The third kappa shape index (κ3) is 2.36. The van der Waals surface area contributed by atoms with Gasteiger partial charge in [-0.1, -0.05) is 0 Å². The van der Waals surface area contributed by atoms with Crippen LogP contribution in [0.3, 0.4) is 0 Å². The molecule has 0 saturated carbocycles. The van der Waals surface area contributed by atoms with Gasteiger partial charge in [0.1, 0.15) is 23.9 Å². The van der Waals surface area contributed by atoms with Gasteiger partial charge in [0.05, 0.1) is 0 Å². The zero-order valence-electron chi connectivity index (χ0n) is 12.8. The van der Waals surface area contributed by atoms with E-state index in [0.29, 0.717) is 0 Å². The molecule has 14 nitrogen and oxygen atoms in total. The van der Waals surface area contributed by atoms with Crippen LogP contribution in [-0.2, 0) is 0 Å². The highest BCUT2D eigenvalue weighted by atomic mass is 16.3. The Morgan fingerprint density at radius 2 is 1.08 bits per heavy atom. The molecule has 134 valence electrons. The van der Waals surface area contributed by atoms with Crippen molar-refractivity contribution >= 4 is 34.2 Å². The van der Waals surface area contributed by atoms with Crippen molar-refractivity contribution in [3.63, 3.8) is 0 Å². The van der Waals surface area contributed by atoms with Crippen molar-refractivity contribution in [3.8, 4) is 0 Å². The van der Waals surface area contributed by atoms with Gasteiger partial charge in [-0.3, -0.25) is 19.6 Å². The predicted molar refractivity (Wildman–Crippen MR) is 87.8 cm³/mol. The van der Waals surface area contributed by atoms with Crippen LogP contribution in [0, 0.1) is 0 Å². The molecule has 0 aromatic carbocycles. The van der Waals surface area contributed by atoms with E-state index in [2.05, 4.69) is 39.9 Å². The van der Waals surface area contributed by atoms with E-state index < -0.39 is 23.3 Å². The van der Waals surface area contributed by atoms with Crippen molar-refractivity contribution in [2.75, 3.05) is 11.5 Å². The van der Waals surface area contributed by atoms with Gasteiger partial charge in [0, 0.05) is 0 Å². The number of rotatable bonds is 3. The second-order valence-corrected chi connectivity index (χ2v) is 5.43. The van der Waals surface area contributed by atoms with E-state index in [0.717, 1.165) is 0 Å². The Hall–Kier alpha value is -3.78. The average molecular weight is 360 g/mol. The van der Waals surface area contributed by atoms with Gasteiger partial charge in [-0.2, -0.15) is 9.97 Å². The van der Waals surface area contributed by atoms with E-state index in [9.17, 15) is 19.8 Å². The molecule has 0 spiro atoms. The molecule has 0 unspecified atom stereocenters. The first-order valence-electron chi connectivity index (χ1n) is 7.20. The highest BCUT2D eigenvalue weighted by Gasteiger charge is 2.27. The molecule has 4 aromatic rings. The third-order valence-electron chi connectivity index (χ3n) is 3.66. The molecule has 0 saturated heterocycles. The van der Waals surface area contributed by atoms with Crippen LogP contribution >= 0.6 is 0 Å². The molecule has 4 aromatic heterocycles. The van der Waals surface area contributed by atoms with Crippen LogP contribution in [0.5, 0.6) is 0 Å². The number of hydrogen-bond acceptors (Lipinski definition) is 10. The largest absolute Gasteiger partial charge is 0.382 e. The lowest BCUT2D eigenvalue weighted by Gasteiger charge is -2.12. The van der Waals surface area contributed by atoms with Crippen molar-refractivity contribution in [3.05, 3.63) is 32.4 Å². The molecule has 0 aliphatic rings. The Morgan fingerprint density at radius 3 is 1.46 bits per heavy atom. The fraction of sp³-hybridized carbons (Fsp3) is 0.167. The molecule has 0 aliphatic carbocycles. The number of aliphatic hydroxyl groups excluding tert-OH is 2. The summed E-state index contributed by atoms with van der Waals surface area (Å²) in [6.07, 6.45) is -3.22. The van der Waals surface area contributed by atoms with Gasteiger partial charge in [-0.25, -0.2) is 9.97 Å². The molecule has 0 bridgehead atoms. The number of aliphatic hydroxyl groups is 2. The standard InChI is InChI=1S/C12H12N10O4/c13-11-19-5-1(9(25)21-11)15-7(17-5)3(23)4(24)8-16-2-6(18-8)20-12(14)22-10(2)26/h3-4,23-24H,(H4,13,15,17,19,21,25)(H4,14,16,18,20,22,26)/t3-,4-/m1/s1. The molecule has 0 fully saturated rings. The van der Waals surface area contributed by atoms with Crippen molar-refractivity contribution in [1.82, 2.24) is 39.9 Å². The zero-order valence-corrected chi connectivity index (χ0v) is 12.8. The highest BCUT2D eigenvalue weighted by molar-refractivity contribution is 5.71. The number of H-pyrrole nitrogens is 4. The van der Waals surface area contributed by atoms with Gasteiger partial charge in [-0.15, -0.1) is 0 Å². The number of anilines is 2. The van der Waals surface area contributed by atoms with Crippen LogP contribution in [-0.4, -0.2) is 50.1 Å². The third-order valence-corrected chi connectivity index (χ3v) is 3.66. The summed E-state index contributed by atoms with van der Waals surface area (Å²) in [5.74, 6) is -0.567. The van der Waals surface area contributed by atoms with Crippen LogP contribution in [0.25, 0.3) is 22.3 Å². The van der Waals surface area contributed by atoms with Crippen molar-refractivity contribution in [1.29, 1.82) is 0 Å². The summed E-state index contributed by atoms with van der Waals surface area (Å²) in [6.45, 7) is 0. The van der Waals surface area contributed by atoms with E-state index in [4.69, 9.17) is 11.5 Å². The quantitative estimate of drug-likeness (QED) is 0.191. The van der Waals surface area contributed by atoms with Gasteiger partial charge >= 0.3 is 0 Å². The number of nitrogens with zero attached hydrogens (tertiary/aromatic N) is 4. The Bertz CT molecular complexity index is 1150. The van der Waals surface area contributed by atoms with Crippen molar-refractivity contribution in [2.45, 2.75) is 12.2 Å². The number of nitrogens with two attached hydrogens (primary N) is 2. The monoisotopic (exact) mass is 360 g/mol. The molecule has 0 aliphatic heterocycles. The van der Waals surface area contributed by atoms with Crippen LogP contribution in [0.2, 0.25) is 0 Å². The van der Waals surface area contributed by atoms with E-state index in [-0.39, 0.29) is 45.9 Å². The lowest BCUT2D eigenvalue weighted by Crippen LogP contribution is -2.14. The second kappa shape index (κ2) is 5.36. The Morgan fingerprint density at radius 1 is 0.692 bits per heavy atom. The minimum Gasteiger partial charge on any atom is -0.382 e. The Labute approximate surface area is 141 Å². The van der Waals surface area contributed by atoms with Gasteiger partial charge in [0.15, 0.2) is 22.3 Å². The number of fused-ring (bicyclic) bond motifs is 2. The number of nitrogens with one attached hydrogen (secondary N) is 4. The molecule has 2 atom stereocenters. The molecular weight excluding hydrogens is 348 g/mol. The van der Waals surface area contributed by atoms with Crippen molar-refractivity contribution in [2.24, 2.45) is 0 Å². The first-order chi connectivity index (χ1) is 12.3. The lowest BCUT2D eigenvalue weighted by atomic mass is 10.2. The maximum Gasteiger partial charge on any atom is 0.278 e. The number of hydrogen-bond donors (Lipinski definition) is 8. The molecule has 10 N–H and O–H groups in total. The van der Waals surface area contributed by atoms with Crippen LogP contribution in [0.4, 0.5) is 11.9 Å². The number of imidazole rings is 2. The Kier molecular flexibility index (Phi) is 3.24. The minimum atomic E-state index is -1.61. The maximum atomic E-state index is 11.8. The zero-order chi connectivity index (χ0) is 18.6. The first-order valence-corrected chi connectivity index (χ1v) is 7.20. The topological polar surface area (TPSA) is 241 Å². The van der Waals surface area contributed by atoms with Crippen LogP contribution < -0.4 is 22.6 Å². The maximum absolute atomic E-state index is 11.8. The molecule has 26 heavy (non-hydrogen) atoms. The van der Waals surface area contributed by atoms with Gasteiger partial charge in [0.25, 0.3) is 11.1 Å². The van der Waals surface area contributed by atoms with Crippen LogP contribution in [0.1, 0.15) is 23.9 Å². The normalized spacial score (nSPS) is 14.1. The summed E-state index contributed by atoms with van der Waals surface area (Å²) in [6, 6.07) is 0. The first kappa shape index (κ1) is 15.7. The molecule has 14 heteroatoms. The molecule has 0 amide bonds. The number of aromatic nitrogens is 8. The fourth-order valence-electron chi connectivity index (χ4n) is 2.46. The van der Waals surface area contributed by atoms with Crippen LogP contribution in [0.15, 0.2) is 9.59 Å². The molecule has 4 rings (SSSR count). The SMILES string of the molecule is Nc1nc2nc([C@H](O)[C@@H](O)c3nc4nc(N)[nH]c(=O)c4[nH]3)[nH]c2c(=O)[nH]1. The highest BCUT2D eigenvalue weighted by Crippen LogP contribution is 2.26. The van der Waals surface area contributed by atoms with Gasteiger partial charge < -0.3 is 31.6 Å². The Balaban J connectivity index is 1.75. The summed E-state index contributed by atoms with van der Waals surface area (Å²) >= 11 is 0. The van der Waals surface area contributed by atoms with E-state index in [1.54, 1.807) is 0 Å². The van der Waals surface area contributed by atoms with Crippen molar-refractivity contribution < 1.29 is 10.2 Å². The molecule has 4 heterocycles. The minimum absolute atomic E-state index is 0.0176. The summed E-state index contributed by atoms with van der Waals surface area (Å²) < 4.78 is 0. The summed E-state index contributed by atoms with van der Waals surface area (Å²) in [4.78, 5) is 48.8. The summed E-state index contributed by atoms with van der Waals surface area (Å²) in [5, 5.41) is 20.7. The smallest absolute Gasteiger partial charge is 0.278 e. The lowest BCUT2D eigenvalue weighted by molar-refractivity contribution is 0.00777. The average Bonchev–Trinajstić information content (AvgIpc) is 3.17. The number of aromatic amines is 4.